The summed E-state index contributed by atoms with van der Waals surface area (Å²) < 4.78 is 5.17. The minimum absolute atomic E-state index is 0.0940. The minimum Gasteiger partial charge on any atom is -0.497 e. The number of hydrogen-bond acceptors (Lipinski definition) is 5. The number of nitrogens with zero attached hydrogens (tertiary/aromatic N) is 2. The van der Waals surface area contributed by atoms with Gasteiger partial charge in [0.2, 0.25) is 0 Å². The van der Waals surface area contributed by atoms with Gasteiger partial charge in [-0.1, -0.05) is 23.9 Å². The van der Waals surface area contributed by atoms with E-state index < -0.39 is 0 Å². The van der Waals surface area contributed by atoms with Gasteiger partial charge >= 0.3 is 0 Å². The average Bonchev–Trinajstić information content (AvgIpc) is 2.71. The Labute approximate surface area is 175 Å². The first-order valence-electron chi connectivity index (χ1n) is 9.27. The number of likely N-dealkylation sites (N-methyl/N-ethyl adjacent to an activating group) is 2. The van der Waals surface area contributed by atoms with Crippen LogP contribution >= 0.6 is 11.8 Å². The number of rotatable bonds is 6. The quantitative estimate of drug-likeness (QED) is 0.740. The highest BCUT2D eigenvalue weighted by molar-refractivity contribution is 8.04. The van der Waals surface area contributed by atoms with Crippen molar-refractivity contribution in [1.29, 1.82) is 0 Å². The number of ether oxygens (including phenoxy) is 1. The van der Waals surface area contributed by atoms with Crippen molar-refractivity contribution in [1.82, 2.24) is 10.2 Å². The number of amides is 2. The maximum absolute atomic E-state index is 12.8. The second-order valence-electron chi connectivity index (χ2n) is 6.99. The molecule has 3 rings (SSSR count). The van der Waals surface area contributed by atoms with E-state index in [1.807, 2.05) is 55.4 Å². The summed E-state index contributed by atoms with van der Waals surface area (Å²) in [5.41, 5.74) is 2.22. The summed E-state index contributed by atoms with van der Waals surface area (Å²) in [6, 6.07) is 13.0. The number of fused-ring (bicyclic) bond motifs is 1. The number of methoxy groups -OCH3 is 1. The van der Waals surface area contributed by atoms with Crippen molar-refractivity contribution in [2.45, 2.75) is 4.90 Å². The lowest BCUT2D eigenvalue weighted by Crippen LogP contribution is -2.32. The molecule has 0 bridgehead atoms. The topological polar surface area (TPSA) is 61.9 Å². The van der Waals surface area contributed by atoms with Crippen LogP contribution in [0.1, 0.15) is 15.9 Å². The Bertz CT molecular complexity index is 939. The SMILES string of the molecule is COc1ccc(C=C2Sc3ccc(C(=O)NCCN(C)C)cc3N(C)C2=O)cc1. The molecule has 0 saturated carbocycles. The van der Waals surface area contributed by atoms with E-state index in [-0.39, 0.29) is 11.8 Å². The van der Waals surface area contributed by atoms with Gasteiger partial charge in [0.25, 0.3) is 11.8 Å². The Morgan fingerprint density at radius 3 is 2.59 bits per heavy atom. The van der Waals surface area contributed by atoms with Crippen LogP contribution in [0.15, 0.2) is 52.3 Å². The molecule has 6 nitrogen and oxygen atoms in total. The van der Waals surface area contributed by atoms with Gasteiger partial charge in [0.1, 0.15) is 5.75 Å². The van der Waals surface area contributed by atoms with Gasteiger partial charge in [-0.2, -0.15) is 0 Å². The molecule has 1 aliphatic rings. The van der Waals surface area contributed by atoms with E-state index in [1.54, 1.807) is 31.2 Å². The van der Waals surface area contributed by atoms with Crippen LogP contribution in [0.2, 0.25) is 0 Å². The largest absolute Gasteiger partial charge is 0.497 e. The third-order valence-corrected chi connectivity index (χ3v) is 5.65. The molecule has 2 aromatic carbocycles. The Morgan fingerprint density at radius 1 is 1.21 bits per heavy atom. The molecule has 152 valence electrons. The summed E-state index contributed by atoms with van der Waals surface area (Å²) >= 11 is 1.42. The number of nitrogens with one attached hydrogen (secondary N) is 1. The van der Waals surface area contributed by atoms with Crippen molar-refractivity contribution in [3.05, 3.63) is 58.5 Å². The zero-order valence-corrected chi connectivity index (χ0v) is 17.9. The highest BCUT2D eigenvalue weighted by atomic mass is 32.2. The second-order valence-corrected chi connectivity index (χ2v) is 8.07. The molecule has 1 heterocycles. The van der Waals surface area contributed by atoms with Crippen molar-refractivity contribution >= 4 is 35.3 Å². The molecule has 2 aromatic rings. The molecule has 0 radical (unpaired) electrons. The monoisotopic (exact) mass is 411 g/mol. The molecule has 1 aliphatic heterocycles. The fourth-order valence-electron chi connectivity index (χ4n) is 2.88. The van der Waals surface area contributed by atoms with Crippen LogP contribution in [0.25, 0.3) is 6.08 Å². The molecule has 7 heteroatoms. The van der Waals surface area contributed by atoms with E-state index in [2.05, 4.69) is 5.32 Å². The highest BCUT2D eigenvalue weighted by Crippen LogP contribution is 2.42. The smallest absolute Gasteiger partial charge is 0.264 e. The van der Waals surface area contributed by atoms with Crippen molar-refractivity contribution < 1.29 is 14.3 Å². The van der Waals surface area contributed by atoms with Crippen LogP contribution < -0.4 is 15.0 Å². The molecule has 0 aromatic heterocycles. The molecule has 0 saturated heterocycles. The Balaban J connectivity index is 1.80. The van der Waals surface area contributed by atoms with Gasteiger partial charge in [0.15, 0.2) is 0 Å². The Kier molecular flexibility index (Phi) is 6.61. The van der Waals surface area contributed by atoms with Gasteiger partial charge in [-0.15, -0.1) is 0 Å². The molecule has 0 atom stereocenters. The van der Waals surface area contributed by atoms with E-state index in [9.17, 15) is 9.59 Å². The third kappa shape index (κ3) is 4.99. The van der Waals surface area contributed by atoms with Crippen LogP contribution in [0.4, 0.5) is 5.69 Å². The fraction of sp³-hybridized carbons (Fsp3) is 0.273. The number of anilines is 1. The van der Waals surface area contributed by atoms with Crippen LogP contribution in [-0.2, 0) is 4.79 Å². The summed E-state index contributed by atoms with van der Waals surface area (Å²) in [6.07, 6.45) is 1.87. The van der Waals surface area contributed by atoms with Gasteiger partial charge < -0.3 is 19.9 Å². The molecule has 0 unspecified atom stereocenters. The van der Waals surface area contributed by atoms with Crippen LogP contribution in [0.5, 0.6) is 5.75 Å². The predicted molar refractivity (Wildman–Crippen MR) is 118 cm³/mol. The molecular weight excluding hydrogens is 386 g/mol. The van der Waals surface area contributed by atoms with Crippen molar-refractivity contribution in [3.63, 3.8) is 0 Å². The summed E-state index contributed by atoms with van der Waals surface area (Å²) in [5, 5.41) is 2.90. The van der Waals surface area contributed by atoms with Gasteiger partial charge in [-0.25, -0.2) is 0 Å². The van der Waals surface area contributed by atoms with Crippen molar-refractivity contribution in [2.24, 2.45) is 0 Å². The average molecular weight is 412 g/mol. The maximum Gasteiger partial charge on any atom is 0.264 e. The zero-order chi connectivity index (χ0) is 21.0. The summed E-state index contributed by atoms with van der Waals surface area (Å²) in [6.45, 7) is 1.34. The van der Waals surface area contributed by atoms with Gasteiger partial charge in [-0.05, 0) is 56.1 Å². The Hall–Kier alpha value is -2.77. The van der Waals surface area contributed by atoms with E-state index in [0.29, 0.717) is 17.0 Å². The number of benzene rings is 2. The first-order chi connectivity index (χ1) is 13.9. The highest BCUT2D eigenvalue weighted by Gasteiger charge is 2.27. The standard InChI is InChI=1S/C22H25N3O3S/c1-24(2)12-11-23-21(26)16-7-10-19-18(14-16)25(3)22(27)20(29-19)13-15-5-8-17(28-4)9-6-15/h5-10,13-14H,11-12H2,1-4H3,(H,23,26). The lowest BCUT2D eigenvalue weighted by molar-refractivity contribution is -0.114. The van der Waals surface area contributed by atoms with Gasteiger partial charge in [0, 0.05) is 30.6 Å². The first kappa shape index (κ1) is 21.0. The number of hydrogen-bond donors (Lipinski definition) is 1. The number of thioether (sulfide) groups is 1. The van der Waals surface area contributed by atoms with E-state index >= 15 is 0 Å². The molecule has 1 N–H and O–H groups in total. The first-order valence-corrected chi connectivity index (χ1v) is 10.1. The molecule has 2 amide bonds. The summed E-state index contributed by atoms with van der Waals surface area (Å²) in [7, 11) is 7.27. The normalized spacial score (nSPS) is 14.9. The van der Waals surface area contributed by atoms with Crippen LogP contribution in [0.3, 0.4) is 0 Å². The molecule has 0 spiro atoms. The lowest BCUT2D eigenvalue weighted by atomic mass is 10.1. The zero-order valence-electron chi connectivity index (χ0n) is 17.1. The molecule has 0 aliphatic carbocycles. The van der Waals surface area contributed by atoms with Crippen LogP contribution in [0, 0.1) is 0 Å². The summed E-state index contributed by atoms with van der Waals surface area (Å²) in [4.78, 5) is 30.4. The minimum atomic E-state index is -0.139. The predicted octanol–water partition coefficient (Wildman–Crippen LogP) is 3.10. The summed E-state index contributed by atoms with van der Waals surface area (Å²) in [5.74, 6) is 0.539. The van der Waals surface area contributed by atoms with Gasteiger partial charge in [0.05, 0.1) is 17.7 Å². The fourth-order valence-corrected chi connectivity index (χ4v) is 3.97. The lowest BCUT2D eigenvalue weighted by Gasteiger charge is -2.27. The van der Waals surface area contributed by atoms with Crippen LogP contribution in [-0.4, -0.2) is 58.1 Å². The Morgan fingerprint density at radius 2 is 1.93 bits per heavy atom. The second kappa shape index (κ2) is 9.15. The van der Waals surface area contributed by atoms with E-state index in [0.717, 1.165) is 28.4 Å². The molecule has 29 heavy (non-hydrogen) atoms. The molecule has 0 fully saturated rings. The van der Waals surface area contributed by atoms with Gasteiger partial charge in [-0.3, -0.25) is 9.59 Å². The van der Waals surface area contributed by atoms with Crippen molar-refractivity contribution in [3.8, 4) is 5.75 Å². The maximum atomic E-state index is 12.8. The van der Waals surface area contributed by atoms with Crippen molar-refractivity contribution in [2.75, 3.05) is 46.2 Å². The molecular formula is C22H25N3O3S. The number of carbonyl (C=O) groups excluding carboxylic acids is 2. The van der Waals surface area contributed by atoms with E-state index in [1.165, 1.54) is 11.8 Å². The van der Waals surface area contributed by atoms with E-state index in [4.69, 9.17) is 4.74 Å². The third-order valence-electron chi connectivity index (χ3n) is 4.58. The number of carbonyl (C=O) groups is 2.